The van der Waals surface area contributed by atoms with Crippen molar-refractivity contribution in [3.8, 4) is 0 Å². The highest BCUT2D eigenvalue weighted by atomic mass is 15.1. The summed E-state index contributed by atoms with van der Waals surface area (Å²) in [5, 5.41) is 9.97. The number of anilines is 1. The van der Waals surface area contributed by atoms with Crippen LogP contribution in [0.25, 0.3) is 0 Å². The van der Waals surface area contributed by atoms with Crippen LogP contribution in [-0.2, 0) is 6.54 Å². The largest absolute Gasteiger partial charge is 0.381 e. The van der Waals surface area contributed by atoms with Crippen LogP contribution in [0.1, 0.15) is 11.1 Å². The van der Waals surface area contributed by atoms with E-state index in [2.05, 4.69) is 20.5 Å². The molecule has 2 heterocycles. The molecular weight excluding hydrogens is 176 g/mol. The zero-order valence-corrected chi connectivity index (χ0v) is 7.99. The molecule has 0 radical (unpaired) electrons. The van der Waals surface area contributed by atoms with E-state index in [4.69, 9.17) is 0 Å². The number of nitrogens with zero attached hydrogens (tertiary/aromatic N) is 2. The van der Waals surface area contributed by atoms with Crippen molar-refractivity contribution in [2.45, 2.75) is 13.5 Å². The molecule has 2 N–H and O–H groups in total. The first-order valence-corrected chi connectivity index (χ1v) is 4.48. The van der Waals surface area contributed by atoms with E-state index < -0.39 is 0 Å². The molecule has 72 valence electrons. The van der Waals surface area contributed by atoms with Crippen molar-refractivity contribution >= 4 is 5.69 Å². The third-order valence-corrected chi connectivity index (χ3v) is 2.06. The van der Waals surface area contributed by atoms with Crippen LogP contribution < -0.4 is 5.32 Å². The van der Waals surface area contributed by atoms with E-state index in [-0.39, 0.29) is 0 Å². The molecule has 0 aliphatic heterocycles. The van der Waals surface area contributed by atoms with Crippen molar-refractivity contribution in [1.82, 2.24) is 15.2 Å². The molecule has 0 amide bonds. The van der Waals surface area contributed by atoms with Crippen LogP contribution in [0.3, 0.4) is 0 Å². The highest BCUT2D eigenvalue weighted by Gasteiger charge is 1.97. The maximum Gasteiger partial charge on any atom is 0.0537 e. The Kier molecular flexibility index (Phi) is 2.44. The first-order chi connectivity index (χ1) is 6.86. The Bertz CT molecular complexity index is 394. The standard InChI is InChI=1S/C10H12N4/c1-8-4-11-3-2-10(8)12-5-9-6-13-14-7-9/h2-4,6-7H,5H2,1H3,(H,11,12)(H,13,14). The maximum atomic E-state index is 4.03. The van der Waals surface area contributed by atoms with Gasteiger partial charge in [-0.3, -0.25) is 10.1 Å². The average molecular weight is 188 g/mol. The van der Waals surface area contributed by atoms with Crippen molar-refractivity contribution < 1.29 is 0 Å². The van der Waals surface area contributed by atoms with Gasteiger partial charge in [0.05, 0.1) is 6.20 Å². The van der Waals surface area contributed by atoms with E-state index in [0.29, 0.717) is 0 Å². The zero-order chi connectivity index (χ0) is 9.80. The second-order valence-electron chi connectivity index (χ2n) is 3.15. The summed E-state index contributed by atoms with van der Waals surface area (Å²) >= 11 is 0. The molecule has 4 nitrogen and oxygen atoms in total. The van der Waals surface area contributed by atoms with Gasteiger partial charge in [0.2, 0.25) is 0 Å². The summed E-state index contributed by atoms with van der Waals surface area (Å²) in [6, 6.07) is 1.97. The molecule has 2 aromatic heterocycles. The van der Waals surface area contributed by atoms with Crippen LogP contribution in [-0.4, -0.2) is 15.2 Å². The Morgan fingerprint density at radius 1 is 1.43 bits per heavy atom. The molecule has 4 heteroatoms. The van der Waals surface area contributed by atoms with Gasteiger partial charge in [-0.1, -0.05) is 0 Å². The molecule has 14 heavy (non-hydrogen) atoms. The summed E-state index contributed by atoms with van der Waals surface area (Å²) in [5.41, 5.74) is 3.40. The Balaban J connectivity index is 2.02. The van der Waals surface area contributed by atoms with Crippen molar-refractivity contribution in [3.05, 3.63) is 42.0 Å². The van der Waals surface area contributed by atoms with Gasteiger partial charge < -0.3 is 5.32 Å². The summed E-state index contributed by atoms with van der Waals surface area (Å²) in [5.74, 6) is 0. The van der Waals surface area contributed by atoms with Gasteiger partial charge in [0.1, 0.15) is 0 Å². The lowest BCUT2D eigenvalue weighted by Gasteiger charge is -2.06. The number of rotatable bonds is 3. The monoisotopic (exact) mass is 188 g/mol. The van der Waals surface area contributed by atoms with E-state index in [1.807, 2.05) is 31.6 Å². The van der Waals surface area contributed by atoms with E-state index in [0.717, 1.165) is 23.4 Å². The van der Waals surface area contributed by atoms with Crippen molar-refractivity contribution in [1.29, 1.82) is 0 Å². The topological polar surface area (TPSA) is 53.6 Å². The number of pyridine rings is 1. The van der Waals surface area contributed by atoms with Crippen molar-refractivity contribution in [2.75, 3.05) is 5.32 Å². The minimum absolute atomic E-state index is 0.779. The molecule has 0 saturated heterocycles. The number of hydrogen-bond donors (Lipinski definition) is 2. The summed E-state index contributed by atoms with van der Waals surface area (Å²) in [4.78, 5) is 4.03. The summed E-state index contributed by atoms with van der Waals surface area (Å²) in [7, 11) is 0. The second-order valence-corrected chi connectivity index (χ2v) is 3.15. The van der Waals surface area contributed by atoms with E-state index in [1.165, 1.54) is 0 Å². The predicted molar refractivity (Wildman–Crippen MR) is 54.9 cm³/mol. The second kappa shape index (κ2) is 3.91. The van der Waals surface area contributed by atoms with Crippen molar-refractivity contribution in [2.24, 2.45) is 0 Å². The summed E-state index contributed by atoms with van der Waals surface area (Å²) in [6.07, 6.45) is 7.31. The van der Waals surface area contributed by atoms with Gasteiger partial charge in [-0.2, -0.15) is 5.10 Å². The normalized spacial score (nSPS) is 10.1. The molecular formula is C10H12N4. The first-order valence-electron chi connectivity index (χ1n) is 4.48. The molecule has 0 spiro atoms. The smallest absolute Gasteiger partial charge is 0.0537 e. The minimum atomic E-state index is 0.779. The van der Waals surface area contributed by atoms with Gasteiger partial charge >= 0.3 is 0 Å². The highest BCUT2D eigenvalue weighted by molar-refractivity contribution is 5.48. The molecule has 2 aromatic rings. The molecule has 0 aliphatic carbocycles. The van der Waals surface area contributed by atoms with Crippen LogP contribution in [0.4, 0.5) is 5.69 Å². The van der Waals surface area contributed by atoms with Gasteiger partial charge in [-0.15, -0.1) is 0 Å². The number of H-pyrrole nitrogens is 1. The fraction of sp³-hybridized carbons (Fsp3) is 0.200. The van der Waals surface area contributed by atoms with Crippen LogP contribution in [0.15, 0.2) is 30.9 Å². The van der Waals surface area contributed by atoms with Crippen molar-refractivity contribution in [3.63, 3.8) is 0 Å². The fourth-order valence-electron chi connectivity index (χ4n) is 1.24. The molecule has 2 rings (SSSR count). The SMILES string of the molecule is Cc1cnccc1NCc1cn[nH]c1. The van der Waals surface area contributed by atoms with E-state index in [9.17, 15) is 0 Å². The number of nitrogens with one attached hydrogen (secondary N) is 2. The van der Waals surface area contributed by atoms with Crippen LogP contribution in [0.5, 0.6) is 0 Å². The molecule has 0 aliphatic rings. The van der Waals surface area contributed by atoms with Gasteiger partial charge in [-0.05, 0) is 18.6 Å². The summed E-state index contributed by atoms with van der Waals surface area (Å²) in [6.45, 7) is 2.81. The zero-order valence-electron chi connectivity index (χ0n) is 7.99. The van der Waals surface area contributed by atoms with E-state index >= 15 is 0 Å². The fourth-order valence-corrected chi connectivity index (χ4v) is 1.24. The van der Waals surface area contributed by atoms with Gasteiger partial charge in [0.25, 0.3) is 0 Å². The Morgan fingerprint density at radius 2 is 2.36 bits per heavy atom. The number of hydrogen-bond acceptors (Lipinski definition) is 3. The van der Waals surface area contributed by atoms with Gasteiger partial charge in [-0.25, -0.2) is 0 Å². The van der Waals surface area contributed by atoms with E-state index in [1.54, 1.807) is 6.20 Å². The summed E-state index contributed by atoms with van der Waals surface area (Å²) < 4.78 is 0. The molecule has 0 unspecified atom stereocenters. The lowest BCUT2D eigenvalue weighted by atomic mass is 10.2. The Morgan fingerprint density at radius 3 is 3.07 bits per heavy atom. The minimum Gasteiger partial charge on any atom is -0.381 e. The molecule has 0 fully saturated rings. The molecule has 0 aromatic carbocycles. The Hall–Kier alpha value is -1.84. The third kappa shape index (κ3) is 1.90. The average Bonchev–Trinajstić information content (AvgIpc) is 2.69. The lowest BCUT2D eigenvalue weighted by Crippen LogP contribution is -2.00. The number of aromatic amines is 1. The predicted octanol–water partition coefficient (Wildman–Crippen LogP) is 1.73. The van der Waals surface area contributed by atoms with Crippen LogP contribution in [0, 0.1) is 6.92 Å². The third-order valence-electron chi connectivity index (χ3n) is 2.06. The molecule has 0 atom stereocenters. The molecule has 0 bridgehead atoms. The van der Waals surface area contributed by atoms with Crippen LogP contribution in [0.2, 0.25) is 0 Å². The maximum absolute atomic E-state index is 4.03. The molecule has 0 saturated carbocycles. The number of aryl methyl sites for hydroxylation is 1. The quantitative estimate of drug-likeness (QED) is 0.771. The van der Waals surface area contributed by atoms with Gasteiger partial charge in [0.15, 0.2) is 0 Å². The first kappa shape index (κ1) is 8.74. The Labute approximate surface area is 82.4 Å². The lowest BCUT2D eigenvalue weighted by molar-refractivity contribution is 1.09. The van der Waals surface area contributed by atoms with Crippen LogP contribution >= 0.6 is 0 Å². The number of aromatic nitrogens is 3. The van der Waals surface area contributed by atoms with Gasteiger partial charge in [0, 0.05) is 36.4 Å². The highest BCUT2D eigenvalue weighted by Crippen LogP contribution is 2.12.